The molecule has 3 N–H and O–H groups in total. The number of hydrogen-bond donors (Lipinski definition) is 2. The maximum atomic E-state index is 12.9. The number of carbonyl (C=O) groups excluding carboxylic acids is 1. The van der Waals surface area contributed by atoms with E-state index in [2.05, 4.69) is 20.4 Å². The predicted octanol–water partition coefficient (Wildman–Crippen LogP) is 3.58. The zero-order valence-electron chi connectivity index (χ0n) is 16.3. The Labute approximate surface area is 168 Å². The van der Waals surface area contributed by atoms with Crippen LogP contribution in [0, 0.1) is 0 Å². The standard InChI is InChI=1S/C22H22N6O/c1-3-14(2)25-22(29)18-19-21(27-17-12-8-7-11-16(17)26-19)28(20(18)23)24-13-15-9-5-4-6-10-15/h4-14H,3,23H2,1-2H3,(H,25,29)/b24-13+. The van der Waals surface area contributed by atoms with E-state index < -0.39 is 0 Å². The summed E-state index contributed by atoms with van der Waals surface area (Å²) in [5.74, 6) is -0.0663. The number of benzene rings is 2. The first-order valence-electron chi connectivity index (χ1n) is 9.55. The number of anilines is 1. The van der Waals surface area contributed by atoms with E-state index in [1.807, 2.05) is 68.4 Å². The van der Waals surface area contributed by atoms with Crippen molar-refractivity contribution in [2.45, 2.75) is 26.3 Å². The van der Waals surface area contributed by atoms with Crippen molar-refractivity contribution >= 4 is 40.1 Å². The number of aromatic nitrogens is 3. The van der Waals surface area contributed by atoms with Crippen molar-refractivity contribution in [3.8, 4) is 0 Å². The number of nitrogens with one attached hydrogen (secondary N) is 1. The number of amides is 1. The summed E-state index contributed by atoms with van der Waals surface area (Å²) >= 11 is 0. The van der Waals surface area contributed by atoms with E-state index in [4.69, 9.17) is 5.73 Å². The Kier molecular flexibility index (Phi) is 4.95. The van der Waals surface area contributed by atoms with Crippen LogP contribution in [0.1, 0.15) is 36.2 Å². The first kappa shape index (κ1) is 18.6. The summed E-state index contributed by atoms with van der Waals surface area (Å²) < 4.78 is 1.48. The fourth-order valence-corrected chi connectivity index (χ4v) is 3.05. The third-order valence-electron chi connectivity index (χ3n) is 4.81. The summed E-state index contributed by atoms with van der Waals surface area (Å²) in [7, 11) is 0. The minimum atomic E-state index is -0.278. The monoisotopic (exact) mass is 386 g/mol. The van der Waals surface area contributed by atoms with Crippen molar-refractivity contribution in [3.05, 3.63) is 65.7 Å². The quantitative estimate of drug-likeness (QED) is 0.512. The molecule has 7 nitrogen and oxygen atoms in total. The number of nitrogens with zero attached hydrogens (tertiary/aromatic N) is 4. The number of para-hydroxylation sites is 2. The van der Waals surface area contributed by atoms with Gasteiger partial charge in [0.1, 0.15) is 16.9 Å². The molecule has 0 radical (unpaired) electrons. The molecule has 0 fully saturated rings. The van der Waals surface area contributed by atoms with Crippen molar-refractivity contribution in [2.24, 2.45) is 5.10 Å². The summed E-state index contributed by atoms with van der Waals surface area (Å²) in [4.78, 5) is 22.3. The molecule has 4 aromatic rings. The van der Waals surface area contributed by atoms with Gasteiger partial charge in [-0.25, -0.2) is 9.97 Å². The Morgan fingerprint density at radius 3 is 2.48 bits per heavy atom. The van der Waals surface area contributed by atoms with Crippen molar-refractivity contribution in [2.75, 3.05) is 5.73 Å². The first-order valence-corrected chi connectivity index (χ1v) is 9.55. The SMILES string of the molecule is CCC(C)NC(=O)c1c(N)n(/N=C/c2ccccc2)c2nc3ccccc3nc12. The highest BCUT2D eigenvalue weighted by Gasteiger charge is 2.24. The number of nitrogens with two attached hydrogens (primary N) is 1. The normalized spacial score (nSPS) is 12.6. The van der Waals surface area contributed by atoms with Crippen LogP contribution in [0.2, 0.25) is 0 Å². The Balaban J connectivity index is 1.92. The Hall–Kier alpha value is -3.74. The van der Waals surface area contributed by atoms with Gasteiger partial charge in [0.05, 0.1) is 17.2 Å². The lowest BCUT2D eigenvalue weighted by molar-refractivity contribution is 0.0941. The Morgan fingerprint density at radius 1 is 1.14 bits per heavy atom. The van der Waals surface area contributed by atoms with Crippen molar-refractivity contribution in [1.82, 2.24) is 20.0 Å². The molecule has 146 valence electrons. The molecule has 0 aliphatic rings. The largest absolute Gasteiger partial charge is 0.383 e. The van der Waals surface area contributed by atoms with Gasteiger partial charge in [-0.2, -0.15) is 9.78 Å². The van der Waals surface area contributed by atoms with Gasteiger partial charge >= 0.3 is 0 Å². The fraction of sp³-hybridized carbons (Fsp3) is 0.182. The van der Waals surface area contributed by atoms with Crippen molar-refractivity contribution in [3.63, 3.8) is 0 Å². The van der Waals surface area contributed by atoms with Crippen molar-refractivity contribution in [1.29, 1.82) is 0 Å². The van der Waals surface area contributed by atoms with E-state index in [0.717, 1.165) is 12.0 Å². The molecule has 2 aromatic heterocycles. The van der Waals surface area contributed by atoms with Crippen LogP contribution in [-0.2, 0) is 0 Å². The number of fused-ring (bicyclic) bond motifs is 2. The van der Waals surface area contributed by atoms with E-state index in [-0.39, 0.29) is 17.8 Å². The van der Waals surface area contributed by atoms with E-state index in [9.17, 15) is 4.79 Å². The second kappa shape index (κ2) is 7.71. The summed E-state index contributed by atoms with van der Waals surface area (Å²) in [5.41, 5.74) is 9.87. The second-order valence-electron chi connectivity index (χ2n) is 6.89. The number of nitrogen functional groups attached to an aromatic ring is 1. The molecule has 2 aromatic carbocycles. The number of hydrogen-bond acceptors (Lipinski definition) is 5. The molecule has 0 spiro atoms. The Morgan fingerprint density at radius 2 is 1.79 bits per heavy atom. The molecule has 0 bridgehead atoms. The lowest BCUT2D eigenvalue weighted by Gasteiger charge is -2.11. The first-order chi connectivity index (χ1) is 14.1. The molecule has 0 aliphatic heterocycles. The molecule has 7 heteroatoms. The zero-order chi connectivity index (χ0) is 20.4. The fourth-order valence-electron chi connectivity index (χ4n) is 3.05. The highest BCUT2D eigenvalue weighted by Crippen LogP contribution is 2.28. The van der Waals surface area contributed by atoms with E-state index >= 15 is 0 Å². The third-order valence-corrected chi connectivity index (χ3v) is 4.81. The lowest BCUT2D eigenvalue weighted by atomic mass is 10.2. The van der Waals surface area contributed by atoms with Gasteiger partial charge in [-0.1, -0.05) is 49.4 Å². The van der Waals surface area contributed by atoms with E-state index in [0.29, 0.717) is 27.8 Å². The zero-order valence-corrected chi connectivity index (χ0v) is 16.3. The molecule has 0 saturated heterocycles. The molecule has 2 heterocycles. The molecule has 0 saturated carbocycles. The number of rotatable bonds is 5. The van der Waals surface area contributed by atoms with Gasteiger partial charge in [0.15, 0.2) is 5.65 Å². The van der Waals surface area contributed by atoms with E-state index in [1.54, 1.807) is 6.21 Å². The van der Waals surface area contributed by atoms with Gasteiger partial charge in [0.25, 0.3) is 5.91 Å². The van der Waals surface area contributed by atoms with Crippen LogP contribution in [0.15, 0.2) is 59.7 Å². The van der Waals surface area contributed by atoms with Gasteiger partial charge in [-0.15, -0.1) is 0 Å². The molecule has 1 atom stereocenters. The van der Waals surface area contributed by atoms with Crippen LogP contribution in [-0.4, -0.2) is 32.8 Å². The van der Waals surface area contributed by atoms with Crippen LogP contribution in [0.4, 0.5) is 5.82 Å². The van der Waals surface area contributed by atoms with Crippen LogP contribution >= 0.6 is 0 Å². The summed E-state index contributed by atoms with van der Waals surface area (Å²) in [6, 6.07) is 17.2. The van der Waals surface area contributed by atoms with Gasteiger partial charge in [0.2, 0.25) is 0 Å². The van der Waals surface area contributed by atoms with Crippen molar-refractivity contribution < 1.29 is 4.79 Å². The molecule has 29 heavy (non-hydrogen) atoms. The minimum Gasteiger partial charge on any atom is -0.383 e. The molecular weight excluding hydrogens is 364 g/mol. The smallest absolute Gasteiger partial charge is 0.257 e. The average Bonchev–Trinajstić information content (AvgIpc) is 3.01. The van der Waals surface area contributed by atoms with Gasteiger partial charge in [-0.3, -0.25) is 4.79 Å². The highest BCUT2D eigenvalue weighted by atomic mass is 16.1. The van der Waals surface area contributed by atoms with Gasteiger partial charge in [0, 0.05) is 6.04 Å². The molecule has 1 amide bonds. The maximum Gasteiger partial charge on any atom is 0.257 e. The summed E-state index contributed by atoms with van der Waals surface area (Å²) in [6.45, 7) is 3.96. The number of carbonyl (C=O) groups is 1. The maximum absolute atomic E-state index is 12.9. The highest BCUT2D eigenvalue weighted by molar-refractivity contribution is 6.10. The molecule has 1 unspecified atom stereocenters. The van der Waals surface area contributed by atoms with Gasteiger partial charge < -0.3 is 11.1 Å². The molecule has 0 aliphatic carbocycles. The average molecular weight is 386 g/mol. The van der Waals surface area contributed by atoms with Crippen LogP contribution in [0.25, 0.3) is 22.2 Å². The van der Waals surface area contributed by atoms with Crippen LogP contribution < -0.4 is 11.1 Å². The second-order valence-corrected chi connectivity index (χ2v) is 6.89. The summed E-state index contributed by atoms with van der Waals surface area (Å²) in [6.07, 6.45) is 2.49. The van der Waals surface area contributed by atoms with Crippen LogP contribution in [0.5, 0.6) is 0 Å². The molecular formula is C22H22N6O. The van der Waals surface area contributed by atoms with E-state index in [1.165, 1.54) is 4.68 Å². The molecule has 4 rings (SSSR count). The minimum absolute atomic E-state index is 0.0153. The predicted molar refractivity (Wildman–Crippen MR) is 116 cm³/mol. The summed E-state index contributed by atoms with van der Waals surface area (Å²) in [5, 5.41) is 7.46. The van der Waals surface area contributed by atoms with Crippen LogP contribution in [0.3, 0.4) is 0 Å². The third kappa shape index (κ3) is 3.54. The van der Waals surface area contributed by atoms with Gasteiger partial charge in [-0.05, 0) is 31.0 Å². The Bertz CT molecular complexity index is 1210. The topological polar surface area (TPSA) is 98.2 Å². The lowest BCUT2D eigenvalue weighted by Crippen LogP contribution is -2.32.